The number of hydrogen-bond donors (Lipinski definition) is 1. The molecule has 10 nitrogen and oxygen atoms in total. The average Bonchev–Trinajstić information content (AvgIpc) is 3.50. The number of methoxy groups -OCH3 is 1. The van der Waals surface area contributed by atoms with Crippen molar-refractivity contribution in [3.05, 3.63) is 30.0 Å². The van der Waals surface area contributed by atoms with E-state index < -0.39 is 58.0 Å². The molecule has 1 aromatic heterocycles. The minimum atomic E-state index is -3.55. The molecule has 2 amide bonds. The van der Waals surface area contributed by atoms with E-state index in [2.05, 4.69) is 31.2 Å². The van der Waals surface area contributed by atoms with Gasteiger partial charge in [0.15, 0.2) is 5.69 Å². The van der Waals surface area contributed by atoms with Gasteiger partial charge >= 0.3 is 16.9 Å². The molecule has 224 valence electrons. The molecule has 13 heteroatoms. The Morgan fingerprint density at radius 3 is 2.34 bits per heavy atom. The largest absolute Gasteiger partial charge is 0.471 e. The number of alkyl halides is 3. The zero-order valence-electron chi connectivity index (χ0n) is 23.7. The quantitative estimate of drug-likeness (QED) is 0.334. The van der Waals surface area contributed by atoms with Crippen LogP contribution in [0.25, 0.3) is 11.0 Å². The number of carbonyl (C=O) groups is 3. The number of aromatic nitrogens is 2. The third kappa shape index (κ3) is 7.04. The Morgan fingerprint density at radius 2 is 1.78 bits per heavy atom. The lowest BCUT2D eigenvalue weighted by Crippen LogP contribution is -2.57. The lowest BCUT2D eigenvalue weighted by molar-refractivity contribution is -0.152. The van der Waals surface area contributed by atoms with E-state index in [1.165, 1.54) is 12.0 Å². The first kappa shape index (κ1) is 30.9. The Kier molecular flexibility index (Phi) is 9.05. The minimum absolute atomic E-state index is 0.0406. The first-order valence-corrected chi connectivity index (χ1v) is 14.3. The number of hydrogen-bond acceptors (Lipinski definition) is 8. The Bertz CT molecular complexity index is 1300. The summed E-state index contributed by atoms with van der Waals surface area (Å²) in [5.74, 6) is -1.45. The van der Waals surface area contributed by atoms with Crippen LogP contribution >= 0.6 is 15.9 Å². The number of rotatable bonds is 7. The number of carbonyl (C=O) groups excluding carboxylic acids is 3. The molecular weight excluding hydrogens is 606 g/mol. The van der Waals surface area contributed by atoms with E-state index in [0.29, 0.717) is 5.52 Å². The van der Waals surface area contributed by atoms with Gasteiger partial charge in [0.1, 0.15) is 24.3 Å². The molecule has 4 rings (SSSR count). The summed E-state index contributed by atoms with van der Waals surface area (Å²) in [7, 11) is 1.19. The Balaban J connectivity index is 1.58. The van der Waals surface area contributed by atoms with Crippen LogP contribution < -0.4 is 10.1 Å². The zero-order chi connectivity index (χ0) is 30.1. The van der Waals surface area contributed by atoms with Gasteiger partial charge in [-0.05, 0) is 58.7 Å². The standard InChI is InChI=1S/C28H35BrF2N4O6/c1-15-9-8-12-20(15)41-26(38)34-22(27(2,3)4)24(36)35-14-16(13-19(35)25(37)39-5)40-23-21(28(29,30)31)32-17-10-6-7-11-18(17)33-23/h6-7,10-11,15-16,19-20,22H,8-9,12-14H2,1-5H3,(H,34,38)/t15-,16-,19+,20-,22-/m1/s1. The predicted molar refractivity (Wildman–Crippen MR) is 149 cm³/mol. The fraction of sp³-hybridized carbons (Fsp3) is 0.607. The smallest absolute Gasteiger partial charge is 0.408 e. The first-order chi connectivity index (χ1) is 19.2. The fourth-order valence-corrected chi connectivity index (χ4v) is 5.54. The lowest BCUT2D eigenvalue weighted by Gasteiger charge is -2.35. The maximum atomic E-state index is 14.5. The van der Waals surface area contributed by atoms with Crippen molar-refractivity contribution in [3.63, 3.8) is 0 Å². The molecular formula is C28H35BrF2N4O6. The van der Waals surface area contributed by atoms with E-state index in [-0.39, 0.29) is 30.5 Å². The molecule has 0 unspecified atom stereocenters. The van der Waals surface area contributed by atoms with Crippen LogP contribution in [0.5, 0.6) is 5.88 Å². The van der Waals surface area contributed by atoms with Crippen molar-refractivity contribution in [2.45, 2.75) is 82.5 Å². The van der Waals surface area contributed by atoms with Crippen molar-refractivity contribution >= 4 is 44.9 Å². The number of alkyl carbamates (subject to hydrolysis) is 1. The number of likely N-dealkylation sites (tertiary alicyclic amines) is 1. The molecule has 1 aliphatic heterocycles. The van der Waals surface area contributed by atoms with Crippen LogP contribution in [-0.4, -0.2) is 70.8 Å². The first-order valence-electron chi connectivity index (χ1n) is 13.5. The topological polar surface area (TPSA) is 120 Å². The van der Waals surface area contributed by atoms with E-state index in [9.17, 15) is 23.2 Å². The van der Waals surface area contributed by atoms with E-state index >= 15 is 0 Å². The summed E-state index contributed by atoms with van der Waals surface area (Å²) >= 11 is 2.35. The summed E-state index contributed by atoms with van der Waals surface area (Å²) in [6.07, 6.45) is 0.795. The number of ether oxygens (including phenoxy) is 3. The number of nitrogens with zero attached hydrogens (tertiary/aromatic N) is 3. The van der Waals surface area contributed by atoms with Crippen molar-refractivity contribution < 1.29 is 37.4 Å². The normalized spacial score (nSPS) is 23.8. The van der Waals surface area contributed by atoms with Gasteiger partial charge in [-0.2, -0.15) is 8.78 Å². The number of esters is 1. The molecule has 1 aliphatic carbocycles. The van der Waals surface area contributed by atoms with Crippen LogP contribution in [0.1, 0.15) is 59.1 Å². The number of amides is 2. The number of nitrogens with one attached hydrogen (secondary N) is 1. The van der Waals surface area contributed by atoms with Gasteiger partial charge in [-0.15, -0.1) is 0 Å². The van der Waals surface area contributed by atoms with Crippen LogP contribution in [0.2, 0.25) is 0 Å². The summed E-state index contributed by atoms with van der Waals surface area (Å²) in [5.41, 5.74) is -0.895. The van der Waals surface area contributed by atoms with Gasteiger partial charge in [-0.3, -0.25) is 4.79 Å². The van der Waals surface area contributed by atoms with Crippen molar-refractivity contribution in [1.29, 1.82) is 0 Å². The molecule has 2 aromatic rings. The number of benzene rings is 1. The molecule has 1 aromatic carbocycles. The molecule has 2 heterocycles. The summed E-state index contributed by atoms with van der Waals surface area (Å²) in [6, 6.07) is 4.37. The molecule has 1 saturated heterocycles. The van der Waals surface area contributed by atoms with Gasteiger partial charge in [0.25, 0.3) is 0 Å². The second-order valence-corrected chi connectivity index (χ2v) is 12.7. The monoisotopic (exact) mass is 640 g/mol. The van der Waals surface area contributed by atoms with Crippen LogP contribution in [0.4, 0.5) is 13.6 Å². The summed E-state index contributed by atoms with van der Waals surface area (Å²) in [5, 5.41) is 2.70. The maximum Gasteiger partial charge on any atom is 0.408 e. The Labute approximate surface area is 245 Å². The average molecular weight is 642 g/mol. The van der Waals surface area contributed by atoms with Crippen LogP contribution in [0, 0.1) is 11.3 Å². The molecule has 0 radical (unpaired) electrons. The Hall–Kier alpha value is -3.09. The minimum Gasteiger partial charge on any atom is -0.471 e. The van der Waals surface area contributed by atoms with Gasteiger partial charge in [0.05, 0.1) is 24.7 Å². The second kappa shape index (κ2) is 12.0. The highest BCUT2D eigenvalue weighted by atomic mass is 79.9. The number of halogens is 3. The van der Waals surface area contributed by atoms with Gasteiger partial charge in [-0.25, -0.2) is 19.6 Å². The zero-order valence-corrected chi connectivity index (χ0v) is 25.2. The number of para-hydroxylation sites is 2. The van der Waals surface area contributed by atoms with E-state index in [4.69, 9.17) is 14.2 Å². The highest BCUT2D eigenvalue weighted by Crippen LogP contribution is 2.40. The molecule has 0 spiro atoms. The van der Waals surface area contributed by atoms with E-state index in [0.717, 1.165) is 19.3 Å². The summed E-state index contributed by atoms with van der Waals surface area (Å²) in [4.78, 5) is 45.5. The van der Waals surface area contributed by atoms with Gasteiger partial charge in [0.2, 0.25) is 11.8 Å². The third-order valence-corrected chi connectivity index (χ3v) is 7.90. The lowest BCUT2D eigenvalue weighted by atomic mass is 9.85. The SMILES string of the molecule is COC(=O)[C@@H]1C[C@@H](Oc2nc3ccccc3nc2C(F)(F)Br)CN1C(=O)[C@@H](NC(=O)O[C@@H]1CCC[C@H]1C)C(C)(C)C. The van der Waals surface area contributed by atoms with Gasteiger partial charge < -0.3 is 24.4 Å². The maximum absolute atomic E-state index is 14.5. The molecule has 1 saturated carbocycles. The molecule has 41 heavy (non-hydrogen) atoms. The van der Waals surface area contributed by atoms with Crippen LogP contribution in [0.15, 0.2) is 24.3 Å². The van der Waals surface area contributed by atoms with Crippen molar-refractivity contribution in [3.8, 4) is 5.88 Å². The number of fused-ring (bicyclic) bond motifs is 1. The van der Waals surface area contributed by atoms with Gasteiger partial charge in [-0.1, -0.05) is 39.8 Å². The van der Waals surface area contributed by atoms with Crippen molar-refractivity contribution in [2.24, 2.45) is 11.3 Å². The fourth-order valence-electron chi connectivity index (χ4n) is 5.28. The highest BCUT2D eigenvalue weighted by Gasteiger charge is 2.47. The van der Waals surface area contributed by atoms with E-state index in [1.54, 1.807) is 45.0 Å². The van der Waals surface area contributed by atoms with Crippen molar-refractivity contribution in [1.82, 2.24) is 20.2 Å². The molecule has 5 atom stereocenters. The van der Waals surface area contributed by atoms with Gasteiger partial charge in [0, 0.05) is 6.42 Å². The third-order valence-electron chi connectivity index (χ3n) is 7.52. The molecule has 2 fully saturated rings. The Morgan fingerprint density at radius 1 is 1.12 bits per heavy atom. The summed E-state index contributed by atoms with van der Waals surface area (Å²) in [6.45, 7) is 7.21. The molecule has 2 aliphatic rings. The van der Waals surface area contributed by atoms with Crippen LogP contribution in [-0.2, 0) is 23.9 Å². The van der Waals surface area contributed by atoms with E-state index in [1.807, 2.05) is 6.92 Å². The molecule has 0 bridgehead atoms. The molecule has 1 N–H and O–H groups in total. The van der Waals surface area contributed by atoms with Crippen molar-refractivity contribution in [2.75, 3.05) is 13.7 Å². The predicted octanol–water partition coefficient (Wildman–Crippen LogP) is 4.92. The second-order valence-electron chi connectivity index (χ2n) is 11.7. The highest BCUT2D eigenvalue weighted by molar-refractivity contribution is 9.09. The summed E-state index contributed by atoms with van der Waals surface area (Å²) < 4.78 is 45.4. The van der Waals surface area contributed by atoms with Crippen LogP contribution in [0.3, 0.4) is 0 Å².